The van der Waals surface area contributed by atoms with E-state index >= 15 is 0 Å². The van der Waals surface area contributed by atoms with Gasteiger partial charge in [-0.05, 0) is 18.2 Å². The van der Waals surface area contributed by atoms with Gasteiger partial charge in [0, 0.05) is 12.4 Å². The van der Waals surface area contributed by atoms with E-state index in [1.165, 1.54) is 12.4 Å². The number of hydrogen-bond donors (Lipinski definition) is 0. The van der Waals surface area contributed by atoms with Crippen molar-refractivity contribution in [3.8, 4) is 0 Å². The minimum atomic E-state index is -0.206. The van der Waals surface area contributed by atoms with Gasteiger partial charge >= 0.3 is 0 Å². The number of fused-ring (bicyclic) bond motifs is 1. The van der Waals surface area contributed by atoms with E-state index in [4.69, 9.17) is 4.42 Å². The first-order valence-corrected chi connectivity index (χ1v) is 5.47. The van der Waals surface area contributed by atoms with Crippen molar-refractivity contribution < 1.29 is 9.21 Å². The van der Waals surface area contributed by atoms with Crippen LogP contribution in [-0.2, 0) is 6.42 Å². The molecule has 0 amide bonds. The number of nitrogens with zero attached hydrogens (tertiary/aromatic N) is 3. The molecule has 0 spiro atoms. The Balaban J connectivity index is 1.86. The van der Waals surface area contributed by atoms with Crippen molar-refractivity contribution in [1.29, 1.82) is 0 Å². The van der Waals surface area contributed by atoms with Gasteiger partial charge in [0.2, 0.25) is 11.7 Å². The van der Waals surface area contributed by atoms with Crippen molar-refractivity contribution in [2.45, 2.75) is 6.42 Å². The number of carbonyl (C=O) groups excluding carboxylic acids is 1. The van der Waals surface area contributed by atoms with Crippen LogP contribution in [-0.4, -0.2) is 20.7 Å². The van der Waals surface area contributed by atoms with E-state index in [0.717, 1.165) is 5.52 Å². The minimum absolute atomic E-state index is 0.0681. The Bertz CT molecular complexity index is 659. The van der Waals surface area contributed by atoms with Gasteiger partial charge in [0.25, 0.3) is 0 Å². The molecule has 3 rings (SSSR count). The lowest BCUT2D eigenvalue weighted by Gasteiger charge is -1.94. The number of ketones is 1. The van der Waals surface area contributed by atoms with Crippen molar-refractivity contribution in [2.24, 2.45) is 0 Å². The summed E-state index contributed by atoms with van der Waals surface area (Å²) in [5, 5.41) is 0. The molecule has 18 heavy (non-hydrogen) atoms. The molecule has 0 bridgehead atoms. The van der Waals surface area contributed by atoms with Crippen molar-refractivity contribution in [1.82, 2.24) is 15.0 Å². The van der Waals surface area contributed by atoms with E-state index in [-0.39, 0.29) is 18.0 Å². The third-order valence-corrected chi connectivity index (χ3v) is 2.47. The van der Waals surface area contributed by atoms with Crippen LogP contribution in [0.2, 0.25) is 0 Å². The summed E-state index contributed by atoms with van der Waals surface area (Å²) in [7, 11) is 0. The van der Waals surface area contributed by atoms with Gasteiger partial charge in [-0.3, -0.25) is 4.79 Å². The van der Waals surface area contributed by atoms with Crippen molar-refractivity contribution in [2.75, 3.05) is 0 Å². The number of para-hydroxylation sites is 2. The summed E-state index contributed by atoms with van der Waals surface area (Å²) >= 11 is 0. The van der Waals surface area contributed by atoms with Crippen LogP contribution < -0.4 is 0 Å². The average molecular weight is 239 g/mol. The van der Waals surface area contributed by atoms with Gasteiger partial charge in [-0.25, -0.2) is 15.0 Å². The summed E-state index contributed by atoms with van der Waals surface area (Å²) in [5.74, 6) is 0.357. The Morgan fingerprint density at radius 1 is 1.11 bits per heavy atom. The van der Waals surface area contributed by atoms with Crippen LogP contribution in [0.25, 0.3) is 11.1 Å². The highest BCUT2D eigenvalue weighted by atomic mass is 16.3. The molecule has 0 fully saturated rings. The van der Waals surface area contributed by atoms with Crippen molar-refractivity contribution >= 4 is 16.9 Å². The van der Waals surface area contributed by atoms with Gasteiger partial charge in [-0.2, -0.15) is 0 Å². The predicted molar refractivity (Wildman–Crippen MR) is 64.1 cm³/mol. The summed E-state index contributed by atoms with van der Waals surface area (Å²) in [5.41, 5.74) is 1.42. The van der Waals surface area contributed by atoms with E-state index in [2.05, 4.69) is 15.0 Å². The number of carbonyl (C=O) groups is 1. The lowest BCUT2D eigenvalue weighted by Crippen LogP contribution is -2.08. The summed E-state index contributed by atoms with van der Waals surface area (Å²) < 4.78 is 5.47. The average Bonchev–Trinajstić information content (AvgIpc) is 2.82. The number of Topliss-reactive ketones (excluding diaryl/α,β-unsaturated/α-hetero) is 1. The molecular formula is C13H9N3O2. The van der Waals surface area contributed by atoms with E-state index in [1.807, 2.05) is 24.3 Å². The molecule has 5 heteroatoms. The second-order valence-corrected chi connectivity index (χ2v) is 3.75. The summed E-state index contributed by atoms with van der Waals surface area (Å²) in [4.78, 5) is 23.9. The normalized spacial score (nSPS) is 10.7. The Morgan fingerprint density at radius 2 is 1.89 bits per heavy atom. The standard InChI is InChI=1S/C13H9N3O2/c17-10(13-14-6-3-7-15-13)8-12-16-9-4-1-2-5-11(9)18-12/h1-7H,8H2. The summed E-state index contributed by atoms with van der Waals surface area (Å²) in [6, 6.07) is 9.05. The Kier molecular flexibility index (Phi) is 2.57. The molecule has 0 aliphatic carbocycles. The number of hydrogen-bond acceptors (Lipinski definition) is 5. The monoisotopic (exact) mass is 239 g/mol. The van der Waals surface area contributed by atoms with Crippen LogP contribution in [0.4, 0.5) is 0 Å². The number of aromatic nitrogens is 3. The molecule has 1 aromatic carbocycles. The molecule has 88 valence electrons. The second-order valence-electron chi connectivity index (χ2n) is 3.75. The maximum Gasteiger partial charge on any atom is 0.209 e. The van der Waals surface area contributed by atoms with Crippen LogP contribution >= 0.6 is 0 Å². The first kappa shape index (κ1) is 10.6. The van der Waals surface area contributed by atoms with Gasteiger partial charge in [0.15, 0.2) is 11.4 Å². The molecule has 0 saturated carbocycles. The van der Waals surface area contributed by atoms with E-state index < -0.39 is 0 Å². The topological polar surface area (TPSA) is 68.9 Å². The van der Waals surface area contributed by atoms with Crippen LogP contribution in [0.1, 0.15) is 16.5 Å². The molecule has 2 heterocycles. The molecule has 0 N–H and O–H groups in total. The van der Waals surface area contributed by atoms with Crippen LogP contribution in [0.15, 0.2) is 47.1 Å². The molecule has 2 aromatic heterocycles. The maximum atomic E-state index is 11.9. The second kappa shape index (κ2) is 4.37. The maximum absolute atomic E-state index is 11.9. The Labute approximate surface area is 103 Å². The van der Waals surface area contributed by atoms with Crippen molar-refractivity contribution in [3.63, 3.8) is 0 Å². The summed E-state index contributed by atoms with van der Waals surface area (Å²) in [6.07, 6.45) is 3.14. The van der Waals surface area contributed by atoms with Crippen LogP contribution in [0.5, 0.6) is 0 Å². The van der Waals surface area contributed by atoms with E-state index in [9.17, 15) is 4.79 Å². The molecule has 0 unspecified atom stereocenters. The van der Waals surface area contributed by atoms with Crippen LogP contribution in [0, 0.1) is 0 Å². The van der Waals surface area contributed by atoms with E-state index in [1.54, 1.807) is 6.07 Å². The van der Waals surface area contributed by atoms with Gasteiger partial charge in [-0.15, -0.1) is 0 Å². The largest absolute Gasteiger partial charge is 0.440 e. The molecule has 0 atom stereocenters. The number of benzene rings is 1. The molecule has 0 radical (unpaired) electrons. The van der Waals surface area contributed by atoms with Gasteiger partial charge in [0.05, 0.1) is 6.42 Å². The Hall–Kier alpha value is -2.56. The minimum Gasteiger partial charge on any atom is -0.440 e. The highest BCUT2D eigenvalue weighted by Gasteiger charge is 2.14. The van der Waals surface area contributed by atoms with Crippen molar-refractivity contribution in [3.05, 3.63) is 54.4 Å². The molecule has 5 nitrogen and oxygen atoms in total. The molecule has 0 saturated heterocycles. The van der Waals surface area contributed by atoms with Gasteiger partial charge in [-0.1, -0.05) is 12.1 Å². The summed E-state index contributed by atoms with van der Waals surface area (Å²) in [6.45, 7) is 0. The third kappa shape index (κ3) is 1.98. The molecule has 3 aromatic rings. The SMILES string of the molecule is O=C(Cc1nc2ccccc2o1)c1ncccn1. The molecular weight excluding hydrogens is 230 g/mol. The van der Waals surface area contributed by atoms with Gasteiger partial charge in [0.1, 0.15) is 5.52 Å². The number of oxazole rings is 1. The fourth-order valence-electron chi connectivity index (χ4n) is 1.66. The highest BCUT2D eigenvalue weighted by molar-refractivity contribution is 5.93. The predicted octanol–water partition coefficient (Wildman–Crippen LogP) is 2.04. The highest BCUT2D eigenvalue weighted by Crippen LogP contribution is 2.15. The fraction of sp³-hybridized carbons (Fsp3) is 0.0769. The van der Waals surface area contributed by atoms with E-state index in [0.29, 0.717) is 11.5 Å². The quantitative estimate of drug-likeness (QED) is 0.654. The lowest BCUT2D eigenvalue weighted by molar-refractivity contribution is 0.0976. The zero-order valence-electron chi connectivity index (χ0n) is 9.41. The van der Waals surface area contributed by atoms with Crippen LogP contribution in [0.3, 0.4) is 0 Å². The molecule has 0 aliphatic rings. The first-order chi connectivity index (χ1) is 8.83. The fourth-order valence-corrected chi connectivity index (χ4v) is 1.66. The lowest BCUT2D eigenvalue weighted by atomic mass is 10.2. The third-order valence-electron chi connectivity index (χ3n) is 2.47. The smallest absolute Gasteiger partial charge is 0.209 e. The first-order valence-electron chi connectivity index (χ1n) is 5.47. The number of rotatable bonds is 3. The Morgan fingerprint density at radius 3 is 2.67 bits per heavy atom. The molecule has 0 aliphatic heterocycles. The van der Waals surface area contributed by atoms with Gasteiger partial charge < -0.3 is 4.42 Å². The zero-order chi connectivity index (χ0) is 12.4. The zero-order valence-corrected chi connectivity index (χ0v) is 9.41.